The third-order valence-electron chi connectivity index (χ3n) is 2.37. The Morgan fingerprint density at radius 2 is 2.54 bits per heavy atom. The molecule has 2 N–H and O–H groups in total. The molecule has 1 aromatic heterocycles. The number of furan rings is 1. The van der Waals surface area contributed by atoms with Gasteiger partial charge in [0, 0.05) is 12.5 Å². The molecule has 1 unspecified atom stereocenters. The fraction of sp³-hybridized carbons (Fsp3) is 0.444. The van der Waals surface area contributed by atoms with Crippen molar-refractivity contribution < 1.29 is 14.3 Å². The van der Waals surface area contributed by atoms with Gasteiger partial charge >= 0.3 is 5.97 Å². The first-order valence-corrected chi connectivity index (χ1v) is 4.27. The summed E-state index contributed by atoms with van der Waals surface area (Å²) in [5.74, 6) is 0.293. The van der Waals surface area contributed by atoms with Crippen LogP contribution in [0.3, 0.4) is 0 Å². The molecule has 4 nitrogen and oxygen atoms in total. The Hall–Kier alpha value is -1.29. The molecule has 2 heterocycles. The zero-order valence-electron chi connectivity index (χ0n) is 7.06. The number of aliphatic carboxylic acids is 1. The summed E-state index contributed by atoms with van der Waals surface area (Å²) in [4.78, 5) is 10.6. The Morgan fingerprint density at radius 3 is 3.08 bits per heavy atom. The van der Waals surface area contributed by atoms with Crippen molar-refractivity contribution in [3.8, 4) is 0 Å². The van der Waals surface area contributed by atoms with Crippen molar-refractivity contribution in [3.05, 3.63) is 24.2 Å². The molecule has 1 aliphatic rings. The quantitative estimate of drug-likeness (QED) is 0.708. The van der Waals surface area contributed by atoms with Crippen LogP contribution in [-0.4, -0.2) is 23.7 Å². The van der Waals surface area contributed by atoms with E-state index in [1.54, 1.807) is 6.26 Å². The van der Waals surface area contributed by atoms with E-state index in [9.17, 15) is 4.79 Å². The van der Waals surface area contributed by atoms with Gasteiger partial charge in [-0.15, -0.1) is 0 Å². The summed E-state index contributed by atoms with van der Waals surface area (Å²) >= 11 is 0. The van der Waals surface area contributed by atoms with E-state index in [0.717, 1.165) is 5.76 Å². The Balaban J connectivity index is 2.03. The lowest BCUT2D eigenvalue weighted by Crippen LogP contribution is -2.29. The molecule has 1 aromatic rings. The molecule has 1 fully saturated rings. The predicted molar refractivity (Wildman–Crippen MR) is 45.5 cm³/mol. The third kappa shape index (κ3) is 1.58. The number of nitrogens with one attached hydrogen (secondary N) is 1. The van der Waals surface area contributed by atoms with E-state index < -0.39 is 12.0 Å². The molecule has 1 aliphatic heterocycles. The first kappa shape index (κ1) is 8.31. The first-order valence-electron chi connectivity index (χ1n) is 4.27. The molecule has 4 heteroatoms. The first-order chi connectivity index (χ1) is 6.27. The van der Waals surface area contributed by atoms with E-state index >= 15 is 0 Å². The van der Waals surface area contributed by atoms with Gasteiger partial charge in [0.1, 0.15) is 11.8 Å². The number of carboxylic acids is 1. The lowest BCUT2D eigenvalue weighted by molar-refractivity contribution is -0.139. The monoisotopic (exact) mass is 181 g/mol. The van der Waals surface area contributed by atoms with Crippen molar-refractivity contribution in [3.63, 3.8) is 0 Å². The molecule has 13 heavy (non-hydrogen) atoms. The average Bonchev–Trinajstić information content (AvgIpc) is 2.75. The number of rotatable bonds is 2. The topological polar surface area (TPSA) is 62.5 Å². The van der Waals surface area contributed by atoms with Crippen LogP contribution in [0.1, 0.15) is 18.1 Å². The second-order valence-corrected chi connectivity index (χ2v) is 3.25. The molecule has 0 amide bonds. The highest BCUT2D eigenvalue weighted by Crippen LogP contribution is 2.25. The summed E-state index contributed by atoms with van der Waals surface area (Å²) in [6, 6.07) is 3.29. The zero-order chi connectivity index (χ0) is 9.26. The van der Waals surface area contributed by atoms with Gasteiger partial charge in [0.15, 0.2) is 0 Å². The molecule has 2 atom stereocenters. The van der Waals surface area contributed by atoms with Gasteiger partial charge in [0.05, 0.1) is 6.26 Å². The fourth-order valence-corrected chi connectivity index (χ4v) is 1.66. The number of hydrogen-bond acceptors (Lipinski definition) is 3. The van der Waals surface area contributed by atoms with Crippen LogP contribution in [0, 0.1) is 0 Å². The van der Waals surface area contributed by atoms with Crippen LogP contribution in [0.4, 0.5) is 0 Å². The maximum atomic E-state index is 10.6. The van der Waals surface area contributed by atoms with E-state index in [1.807, 2.05) is 12.1 Å². The highest BCUT2D eigenvalue weighted by Gasteiger charge is 2.31. The zero-order valence-corrected chi connectivity index (χ0v) is 7.06. The fourth-order valence-electron chi connectivity index (χ4n) is 1.66. The Labute approximate surface area is 75.6 Å². The lowest BCUT2D eigenvalue weighted by Gasteiger charge is -2.03. The van der Waals surface area contributed by atoms with Crippen molar-refractivity contribution in [2.75, 3.05) is 6.54 Å². The minimum Gasteiger partial charge on any atom is -0.480 e. The molecule has 0 aliphatic carbocycles. The van der Waals surface area contributed by atoms with Crippen LogP contribution in [0.5, 0.6) is 0 Å². The van der Waals surface area contributed by atoms with Gasteiger partial charge in [-0.1, -0.05) is 0 Å². The van der Waals surface area contributed by atoms with Crippen LogP contribution in [-0.2, 0) is 4.79 Å². The number of carbonyl (C=O) groups is 1. The molecule has 0 radical (unpaired) electrons. The van der Waals surface area contributed by atoms with Gasteiger partial charge < -0.3 is 14.8 Å². The predicted octanol–water partition coefficient (Wildman–Crippen LogP) is 0.810. The van der Waals surface area contributed by atoms with E-state index in [0.29, 0.717) is 13.0 Å². The van der Waals surface area contributed by atoms with Crippen molar-refractivity contribution in [1.29, 1.82) is 0 Å². The van der Waals surface area contributed by atoms with E-state index in [4.69, 9.17) is 9.52 Å². The average molecular weight is 181 g/mol. The minimum atomic E-state index is -0.783. The minimum absolute atomic E-state index is 0.205. The highest BCUT2D eigenvalue weighted by molar-refractivity contribution is 5.74. The normalized spacial score (nSPS) is 27.7. The number of carboxylic acid groups (broad SMARTS) is 1. The van der Waals surface area contributed by atoms with Crippen LogP contribution < -0.4 is 5.32 Å². The smallest absolute Gasteiger partial charge is 0.320 e. The molecule has 0 saturated carbocycles. The van der Waals surface area contributed by atoms with Crippen LogP contribution in [0.15, 0.2) is 22.8 Å². The molecule has 70 valence electrons. The standard InChI is InChI=1S/C9H11NO3/c11-9(12)7-4-6(5-10-7)8-2-1-3-13-8/h1-3,6-7,10H,4-5H2,(H,11,12)/t6?,7-/m0/s1. The van der Waals surface area contributed by atoms with Crippen molar-refractivity contribution in [1.82, 2.24) is 5.32 Å². The molecule has 0 bridgehead atoms. The summed E-state index contributed by atoms with van der Waals surface area (Å²) < 4.78 is 5.21. The van der Waals surface area contributed by atoms with E-state index in [1.165, 1.54) is 0 Å². The number of hydrogen-bond donors (Lipinski definition) is 2. The second kappa shape index (κ2) is 3.22. The summed E-state index contributed by atoms with van der Waals surface area (Å²) in [6.07, 6.45) is 2.23. The highest BCUT2D eigenvalue weighted by atomic mass is 16.4. The summed E-state index contributed by atoms with van der Waals surface area (Å²) in [7, 11) is 0. The van der Waals surface area contributed by atoms with Crippen molar-refractivity contribution in [2.24, 2.45) is 0 Å². The Kier molecular flexibility index (Phi) is 2.06. The van der Waals surface area contributed by atoms with Crippen LogP contribution in [0.2, 0.25) is 0 Å². The lowest BCUT2D eigenvalue weighted by atomic mass is 10.0. The van der Waals surface area contributed by atoms with Gasteiger partial charge in [-0.25, -0.2) is 0 Å². The van der Waals surface area contributed by atoms with Crippen LogP contribution in [0.25, 0.3) is 0 Å². The van der Waals surface area contributed by atoms with Gasteiger partial charge in [-0.2, -0.15) is 0 Å². The van der Waals surface area contributed by atoms with Crippen molar-refractivity contribution in [2.45, 2.75) is 18.4 Å². The molecule has 2 rings (SSSR count). The van der Waals surface area contributed by atoms with E-state index in [-0.39, 0.29) is 5.92 Å². The Bertz CT molecular complexity index is 294. The molecule has 1 saturated heterocycles. The summed E-state index contributed by atoms with van der Waals surface area (Å²) in [5.41, 5.74) is 0. The van der Waals surface area contributed by atoms with Gasteiger partial charge in [0.2, 0.25) is 0 Å². The van der Waals surface area contributed by atoms with E-state index in [2.05, 4.69) is 5.32 Å². The molecular formula is C9H11NO3. The second-order valence-electron chi connectivity index (χ2n) is 3.25. The summed E-state index contributed by atoms with van der Waals surface area (Å²) in [6.45, 7) is 0.685. The maximum Gasteiger partial charge on any atom is 0.320 e. The maximum absolute atomic E-state index is 10.6. The largest absolute Gasteiger partial charge is 0.480 e. The van der Waals surface area contributed by atoms with Gasteiger partial charge in [0.25, 0.3) is 0 Å². The molecule has 0 aromatic carbocycles. The molecular weight excluding hydrogens is 170 g/mol. The molecule has 0 spiro atoms. The van der Waals surface area contributed by atoms with Gasteiger partial charge in [-0.05, 0) is 18.6 Å². The van der Waals surface area contributed by atoms with Crippen molar-refractivity contribution >= 4 is 5.97 Å². The summed E-state index contributed by atoms with van der Waals surface area (Å²) in [5, 5.41) is 11.7. The Morgan fingerprint density at radius 1 is 1.69 bits per heavy atom. The SMILES string of the molecule is O=C(O)[C@@H]1CC(c2ccco2)CN1. The van der Waals surface area contributed by atoms with Gasteiger partial charge in [-0.3, -0.25) is 4.79 Å². The van der Waals surface area contributed by atoms with Crippen LogP contribution >= 0.6 is 0 Å². The third-order valence-corrected chi connectivity index (χ3v) is 2.37.